The minimum absolute atomic E-state index is 0.0694. The van der Waals surface area contributed by atoms with Gasteiger partial charge in [0.15, 0.2) is 0 Å². The average molecular weight is 450 g/mol. The molecule has 4 rings (SSSR count). The number of carbonyl (C=O) groups excluding carboxylic acids is 2. The number of aliphatic hydroxyl groups is 1. The number of anilines is 1. The fraction of sp³-hybridized carbons (Fsp3) is 0.227. The van der Waals surface area contributed by atoms with Crippen LogP contribution in [-0.4, -0.2) is 56.4 Å². The number of amides is 2. The zero-order chi connectivity index (χ0) is 23.2. The molecule has 33 heavy (non-hydrogen) atoms. The molecule has 2 amide bonds. The first-order chi connectivity index (χ1) is 16.0. The zero-order valence-electron chi connectivity index (χ0n) is 17.8. The highest BCUT2D eigenvalue weighted by molar-refractivity contribution is 6.04. The van der Waals surface area contributed by atoms with E-state index in [0.29, 0.717) is 40.7 Å². The molecule has 170 valence electrons. The minimum atomic E-state index is -0.631. The number of rotatable bonds is 8. The molecule has 0 saturated heterocycles. The standard InChI is InChI=1S/C22H22N6O5/c1-14-5-6-15(20-26-19(33-27-20)7-8-23-22(31)32-11-10-29)12-16(14)25-21(30)17-13-24-18-4-2-3-9-28(17)18/h2-6,9,12-13,29H,7-8,10-11H2,1H3,(H,23,31)(H,25,30). The summed E-state index contributed by atoms with van der Waals surface area (Å²) in [5.41, 5.74) is 3.25. The molecule has 0 bridgehead atoms. The molecule has 0 atom stereocenters. The normalized spacial score (nSPS) is 10.8. The monoisotopic (exact) mass is 450 g/mol. The maximum absolute atomic E-state index is 12.9. The van der Waals surface area contributed by atoms with Crippen LogP contribution in [0, 0.1) is 6.92 Å². The Morgan fingerprint density at radius 1 is 1.24 bits per heavy atom. The second-order valence-electron chi connectivity index (χ2n) is 7.10. The molecule has 0 aliphatic carbocycles. The van der Waals surface area contributed by atoms with Crippen LogP contribution in [0.2, 0.25) is 0 Å². The van der Waals surface area contributed by atoms with Gasteiger partial charge in [0, 0.05) is 30.4 Å². The van der Waals surface area contributed by atoms with E-state index in [1.807, 2.05) is 37.3 Å². The topological polar surface area (TPSA) is 144 Å². The Morgan fingerprint density at radius 2 is 2.12 bits per heavy atom. The minimum Gasteiger partial charge on any atom is -0.447 e. The summed E-state index contributed by atoms with van der Waals surface area (Å²) in [7, 11) is 0. The lowest BCUT2D eigenvalue weighted by Crippen LogP contribution is -2.27. The molecule has 3 heterocycles. The van der Waals surface area contributed by atoms with Gasteiger partial charge < -0.3 is 25.0 Å². The number of nitrogens with zero attached hydrogens (tertiary/aromatic N) is 4. The van der Waals surface area contributed by atoms with Crippen LogP contribution in [0.4, 0.5) is 10.5 Å². The first kappa shape index (κ1) is 22.0. The number of aromatic nitrogens is 4. The van der Waals surface area contributed by atoms with Crippen LogP contribution in [0.25, 0.3) is 17.0 Å². The molecule has 11 nitrogen and oxygen atoms in total. The molecule has 3 aromatic heterocycles. The summed E-state index contributed by atoms with van der Waals surface area (Å²) >= 11 is 0. The van der Waals surface area contributed by atoms with E-state index >= 15 is 0 Å². The highest BCUT2D eigenvalue weighted by Gasteiger charge is 2.15. The lowest BCUT2D eigenvalue weighted by Gasteiger charge is -2.09. The van der Waals surface area contributed by atoms with E-state index in [9.17, 15) is 9.59 Å². The molecule has 0 fully saturated rings. The van der Waals surface area contributed by atoms with Gasteiger partial charge in [0.05, 0.1) is 12.8 Å². The van der Waals surface area contributed by atoms with Crippen LogP contribution < -0.4 is 10.6 Å². The quantitative estimate of drug-likeness (QED) is 0.371. The molecule has 3 N–H and O–H groups in total. The Kier molecular flexibility index (Phi) is 6.60. The van der Waals surface area contributed by atoms with Gasteiger partial charge in [0.2, 0.25) is 11.7 Å². The molecule has 0 unspecified atom stereocenters. The predicted molar refractivity (Wildman–Crippen MR) is 118 cm³/mol. The number of hydrogen-bond donors (Lipinski definition) is 3. The molecule has 1 aromatic carbocycles. The Hall–Kier alpha value is -4.25. The summed E-state index contributed by atoms with van der Waals surface area (Å²) in [5, 5.41) is 18.1. The summed E-state index contributed by atoms with van der Waals surface area (Å²) in [6.45, 7) is 1.82. The largest absolute Gasteiger partial charge is 0.447 e. The average Bonchev–Trinajstić information content (AvgIpc) is 3.46. The van der Waals surface area contributed by atoms with Crippen molar-refractivity contribution in [2.24, 2.45) is 0 Å². The van der Waals surface area contributed by atoms with Gasteiger partial charge in [-0.3, -0.25) is 9.20 Å². The molecule has 11 heteroatoms. The van der Waals surface area contributed by atoms with Gasteiger partial charge in [0.25, 0.3) is 5.91 Å². The molecule has 0 radical (unpaired) electrons. The number of alkyl carbamates (subject to hydrolysis) is 1. The fourth-order valence-electron chi connectivity index (χ4n) is 3.12. The Morgan fingerprint density at radius 3 is 2.97 bits per heavy atom. The van der Waals surface area contributed by atoms with Gasteiger partial charge in [-0.25, -0.2) is 9.78 Å². The zero-order valence-corrected chi connectivity index (χ0v) is 17.8. The van der Waals surface area contributed by atoms with Crippen molar-refractivity contribution < 1.29 is 24.0 Å². The molecular formula is C22H22N6O5. The Labute approximate surface area is 188 Å². The van der Waals surface area contributed by atoms with Gasteiger partial charge in [-0.2, -0.15) is 4.98 Å². The third-order valence-electron chi connectivity index (χ3n) is 4.79. The lowest BCUT2D eigenvalue weighted by atomic mass is 10.1. The van der Waals surface area contributed by atoms with E-state index in [1.54, 1.807) is 16.7 Å². The van der Waals surface area contributed by atoms with Crippen molar-refractivity contribution in [1.82, 2.24) is 24.8 Å². The van der Waals surface area contributed by atoms with Crippen LogP contribution >= 0.6 is 0 Å². The number of aryl methyl sites for hydroxylation is 1. The van der Waals surface area contributed by atoms with Crippen LogP contribution in [0.3, 0.4) is 0 Å². The number of imidazole rings is 1. The van der Waals surface area contributed by atoms with Gasteiger partial charge in [-0.05, 0) is 30.7 Å². The SMILES string of the molecule is Cc1ccc(-c2noc(CCNC(=O)OCCO)n2)cc1NC(=O)c1cnc2ccccn12. The van der Waals surface area contributed by atoms with Crippen molar-refractivity contribution >= 4 is 23.3 Å². The number of aliphatic hydroxyl groups excluding tert-OH is 1. The first-order valence-electron chi connectivity index (χ1n) is 10.2. The first-order valence-corrected chi connectivity index (χ1v) is 10.2. The Balaban J connectivity index is 1.43. The summed E-state index contributed by atoms with van der Waals surface area (Å²) in [6, 6.07) is 11.0. The van der Waals surface area contributed by atoms with Crippen molar-refractivity contribution in [1.29, 1.82) is 0 Å². The van der Waals surface area contributed by atoms with Crippen molar-refractivity contribution in [3.8, 4) is 11.4 Å². The van der Waals surface area contributed by atoms with Crippen LogP contribution in [0.15, 0.2) is 53.3 Å². The molecular weight excluding hydrogens is 428 g/mol. The number of ether oxygens (including phenoxy) is 1. The van der Waals surface area contributed by atoms with E-state index in [-0.39, 0.29) is 25.7 Å². The Bertz CT molecular complexity index is 1280. The summed E-state index contributed by atoms with van der Waals surface area (Å²) in [6.07, 6.45) is 2.99. The summed E-state index contributed by atoms with van der Waals surface area (Å²) in [4.78, 5) is 32.8. The van der Waals surface area contributed by atoms with Gasteiger partial charge in [-0.15, -0.1) is 0 Å². The van der Waals surface area contributed by atoms with Gasteiger partial charge in [-0.1, -0.05) is 23.4 Å². The number of fused-ring (bicyclic) bond motifs is 1. The molecule has 0 aliphatic rings. The molecule has 0 aliphatic heterocycles. The van der Waals surface area contributed by atoms with Gasteiger partial charge in [0.1, 0.15) is 17.9 Å². The maximum atomic E-state index is 12.9. The fourth-order valence-corrected chi connectivity index (χ4v) is 3.12. The smallest absolute Gasteiger partial charge is 0.407 e. The van der Waals surface area contributed by atoms with E-state index in [4.69, 9.17) is 14.4 Å². The number of pyridine rings is 1. The highest BCUT2D eigenvalue weighted by atomic mass is 16.6. The molecule has 0 saturated carbocycles. The van der Waals surface area contributed by atoms with Crippen LogP contribution in [0.1, 0.15) is 21.9 Å². The van der Waals surface area contributed by atoms with E-state index in [1.165, 1.54) is 6.20 Å². The van der Waals surface area contributed by atoms with Crippen LogP contribution in [-0.2, 0) is 11.2 Å². The number of hydrogen-bond acceptors (Lipinski definition) is 8. The van der Waals surface area contributed by atoms with Crippen molar-refractivity contribution in [3.05, 3.63) is 65.9 Å². The summed E-state index contributed by atoms with van der Waals surface area (Å²) in [5.74, 6) is 0.407. The van der Waals surface area contributed by atoms with Gasteiger partial charge >= 0.3 is 6.09 Å². The van der Waals surface area contributed by atoms with E-state index in [2.05, 4.69) is 25.8 Å². The number of nitrogens with one attached hydrogen (secondary N) is 2. The predicted octanol–water partition coefficient (Wildman–Crippen LogP) is 2.21. The second-order valence-corrected chi connectivity index (χ2v) is 7.10. The summed E-state index contributed by atoms with van der Waals surface area (Å²) < 4.78 is 11.7. The molecule has 0 spiro atoms. The van der Waals surface area contributed by atoms with E-state index < -0.39 is 6.09 Å². The lowest BCUT2D eigenvalue weighted by molar-refractivity contribution is 0.102. The maximum Gasteiger partial charge on any atom is 0.407 e. The van der Waals surface area contributed by atoms with Crippen molar-refractivity contribution in [2.45, 2.75) is 13.3 Å². The third-order valence-corrected chi connectivity index (χ3v) is 4.79. The number of carbonyl (C=O) groups is 2. The third kappa shape index (κ3) is 5.15. The number of benzene rings is 1. The highest BCUT2D eigenvalue weighted by Crippen LogP contribution is 2.24. The molecule has 4 aromatic rings. The van der Waals surface area contributed by atoms with E-state index in [0.717, 1.165) is 5.56 Å². The van der Waals surface area contributed by atoms with Crippen molar-refractivity contribution in [2.75, 3.05) is 25.1 Å². The van der Waals surface area contributed by atoms with Crippen LogP contribution in [0.5, 0.6) is 0 Å². The van der Waals surface area contributed by atoms with Crippen molar-refractivity contribution in [3.63, 3.8) is 0 Å². The second kappa shape index (κ2) is 9.92.